The van der Waals surface area contributed by atoms with Crippen molar-refractivity contribution in [2.45, 2.75) is 25.8 Å². The van der Waals surface area contributed by atoms with Crippen molar-refractivity contribution >= 4 is 23.5 Å². The first-order chi connectivity index (χ1) is 14.9. The molecule has 2 aromatic carbocycles. The number of amides is 4. The number of benzene rings is 2. The summed E-state index contributed by atoms with van der Waals surface area (Å²) in [6.45, 7) is 4.29. The topological polar surface area (TPSA) is 91.0 Å². The van der Waals surface area contributed by atoms with Crippen LogP contribution in [-0.4, -0.2) is 54.5 Å². The highest BCUT2D eigenvalue weighted by Crippen LogP contribution is 2.29. The maximum absolute atomic E-state index is 13.1. The Balaban J connectivity index is 1.70. The van der Waals surface area contributed by atoms with Crippen molar-refractivity contribution < 1.29 is 19.1 Å². The van der Waals surface area contributed by atoms with Crippen molar-refractivity contribution in [3.8, 4) is 5.75 Å². The number of rotatable bonds is 9. The van der Waals surface area contributed by atoms with Gasteiger partial charge in [0.15, 0.2) is 0 Å². The zero-order valence-corrected chi connectivity index (χ0v) is 18.1. The fourth-order valence-corrected chi connectivity index (χ4v) is 3.65. The zero-order valence-electron chi connectivity index (χ0n) is 18.1. The number of anilines is 1. The molecule has 0 spiro atoms. The summed E-state index contributed by atoms with van der Waals surface area (Å²) < 4.78 is 5.27. The number of nitrogens with zero attached hydrogens (tertiary/aromatic N) is 2. The molecule has 1 heterocycles. The van der Waals surface area contributed by atoms with E-state index in [1.807, 2.05) is 43.3 Å². The highest BCUT2D eigenvalue weighted by atomic mass is 16.5. The van der Waals surface area contributed by atoms with Gasteiger partial charge in [0.25, 0.3) is 5.91 Å². The molecule has 0 bridgehead atoms. The molecule has 2 aromatic rings. The van der Waals surface area contributed by atoms with Crippen molar-refractivity contribution in [3.05, 3.63) is 60.2 Å². The fraction of sp³-hybridized carbons (Fsp3) is 0.348. The van der Waals surface area contributed by atoms with Crippen molar-refractivity contribution in [2.24, 2.45) is 0 Å². The Labute approximate surface area is 182 Å². The van der Waals surface area contributed by atoms with Crippen LogP contribution in [0.4, 0.5) is 10.5 Å². The van der Waals surface area contributed by atoms with Gasteiger partial charge < -0.3 is 15.4 Å². The Kier molecular flexibility index (Phi) is 6.91. The van der Waals surface area contributed by atoms with Crippen LogP contribution >= 0.6 is 0 Å². The van der Waals surface area contributed by atoms with Gasteiger partial charge in [-0.1, -0.05) is 49.4 Å². The average molecular weight is 425 g/mol. The second kappa shape index (κ2) is 9.61. The standard InChI is InChI=1S/C23H28N4O4/c1-4-14-26(15-20(28)24-18-12-8-9-13-19(18)31-3)16-27-21(29)23(2,25-22(27)30)17-10-6-5-7-11-17/h5-13H,4,14-16H2,1-3H3,(H,24,28)(H,25,30)/t23-/m0/s1. The first-order valence-corrected chi connectivity index (χ1v) is 10.2. The van der Waals surface area contributed by atoms with Crippen LogP contribution in [0, 0.1) is 0 Å². The molecule has 0 unspecified atom stereocenters. The molecule has 1 fully saturated rings. The number of carbonyl (C=O) groups is 3. The predicted molar refractivity (Wildman–Crippen MR) is 118 cm³/mol. The van der Waals surface area contributed by atoms with Gasteiger partial charge in [0.05, 0.1) is 26.0 Å². The number of urea groups is 1. The van der Waals surface area contributed by atoms with Crippen molar-refractivity contribution in [2.75, 3.05) is 32.2 Å². The summed E-state index contributed by atoms with van der Waals surface area (Å²) >= 11 is 0. The Morgan fingerprint density at radius 1 is 1.13 bits per heavy atom. The lowest BCUT2D eigenvalue weighted by atomic mass is 9.92. The molecule has 1 atom stereocenters. The molecule has 0 aliphatic carbocycles. The van der Waals surface area contributed by atoms with Gasteiger partial charge in [-0.2, -0.15) is 0 Å². The molecule has 4 amide bonds. The van der Waals surface area contributed by atoms with Gasteiger partial charge in [-0.15, -0.1) is 0 Å². The third kappa shape index (κ3) is 4.86. The Hall–Kier alpha value is -3.39. The summed E-state index contributed by atoms with van der Waals surface area (Å²) in [7, 11) is 1.54. The number of imide groups is 1. The quantitative estimate of drug-likeness (QED) is 0.604. The van der Waals surface area contributed by atoms with E-state index in [1.54, 1.807) is 30.0 Å². The minimum Gasteiger partial charge on any atom is -0.495 e. The fourth-order valence-electron chi connectivity index (χ4n) is 3.65. The third-order valence-electron chi connectivity index (χ3n) is 5.26. The van der Waals surface area contributed by atoms with Crippen LogP contribution in [0.25, 0.3) is 0 Å². The average Bonchev–Trinajstić information content (AvgIpc) is 2.98. The van der Waals surface area contributed by atoms with Crippen molar-refractivity contribution in [1.82, 2.24) is 15.1 Å². The van der Waals surface area contributed by atoms with E-state index in [-0.39, 0.29) is 25.0 Å². The maximum atomic E-state index is 13.1. The van der Waals surface area contributed by atoms with Crippen LogP contribution in [-0.2, 0) is 15.1 Å². The summed E-state index contributed by atoms with van der Waals surface area (Å²) in [5.74, 6) is -0.0311. The molecule has 0 aromatic heterocycles. The number of hydrogen-bond acceptors (Lipinski definition) is 5. The summed E-state index contributed by atoms with van der Waals surface area (Å²) in [6.07, 6.45) is 0.765. The van der Waals surface area contributed by atoms with Crippen LogP contribution in [0.1, 0.15) is 25.8 Å². The lowest BCUT2D eigenvalue weighted by Crippen LogP contribution is -2.46. The second-order valence-electron chi connectivity index (χ2n) is 7.60. The predicted octanol–water partition coefficient (Wildman–Crippen LogP) is 2.77. The van der Waals surface area contributed by atoms with Crippen LogP contribution < -0.4 is 15.4 Å². The van der Waals surface area contributed by atoms with Gasteiger partial charge in [-0.3, -0.25) is 14.5 Å². The molecule has 164 valence electrons. The van der Waals surface area contributed by atoms with Crippen LogP contribution in [0.2, 0.25) is 0 Å². The summed E-state index contributed by atoms with van der Waals surface area (Å²) in [5, 5.41) is 5.63. The van der Waals surface area contributed by atoms with Crippen molar-refractivity contribution in [3.63, 3.8) is 0 Å². The molecule has 2 N–H and O–H groups in total. The minimum absolute atomic E-state index is 0.0281. The van der Waals surface area contributed by atoms with Gasteiger partial charge in [-0.05, 0) is 31.0 Å². The molecule has 0 saturated carbocycles. The molecule has 1 saturated heterocycles. The summed E-state index contributed by atoms with van der Waals surface area (Å²) in [5.41, 5.74) is 0.153. The van der Waals surface area contributed by atoms with Crippen LogP contribution in [0.5, 0.6) is 5.75 Å². The third-order valence-corrected chi connectivity index (χ3v) is 5.26. The molecule has 1 aliphatic heterocycles. The molecular formula is C23H28N4O4. The first kappa shape index (κ1) is 22.3. The van der Waals surface area contributed by atoms with Crippen LogP contribution in [0.15, 0.2) is 54.6 Å². The SMILES string of the molecule is CCCN(CC(=O)Nc1ccccc1OC)CN1C(=O)N[C@@](C)(c2ccccc2)C1=O. The lowest BCUT2D eigenvalue weighted by molar-refractivity contribution is -0.133. The van der Waals surface area contributed by atoms with Gasteiger partial charge >= 0.3 is 6.03 Å². The van der Waals surface area contributed by atoms with E-state index in [4.69, 9.17) is 4.74 Å². The van der Waals surface area contributed by atoms with E-state index in [0.29, 0.717) is 23.5 Å². The van der Waals surface area contributed by atoms with E-state index in [0.717, 1.165) is 6.42 Å². The Bertz CT molecular complexity index is 950. The number of para-hydroxylation sites is 2. The van der Waals surface area contributed by atoms with E-state index in [1.165, 1.54) is 12.0 Å². The normalized spacial score (nSPS) is 18.3. The summed E-state index contributed by atoms with van der Waals surface area (Å²) in [6, 6.07) is 15.8. The molecule has 8 heteroatoms. The zero-order chi connectivity index (χ0) is 22.4. The molecular weight excluding hydrogens is 396 g/mol. The van der Waals surface area contributed by atoms with Crippen molar-refractivity contribution in [1.29, 1.82) is 0 Å². The largest absolute Gasteiger partial charge is 0.495 e. The number of methoxy groups -OCH3 is 1. The minimum atomic E-state index is -1.13. The number of hydrogen-bond donors (Lipinski definition) is 2. The highest BCUT2D eigenvalue weighted by Gasteiger charge is 2.49. The summed E-state index contributed by atoms with van der Waals surface area (Å²) in [4.78, 5) is 41.3. The molecule has 3 rings (SSSR count). The number of carbonyl (C=O) groups excluding carboxylic acids is 3. The monoisotopic (exact) mass is 424 g/mol. The number of nitrogens with one attached hydrogen (secondary N) is 2. The second-order valence-corrected chi connectivity index (χ2v) is 7.60. The van der Waals surface area contributed by atoms with E-state index >= 15 is 0 Å². The Morgan fingerprint density at radius 2 is 1.81 bits per heavy atom. The van der Waals surface area contributed by atoms with Gasteiger partial charge in [0.2, 0.25) is 5.91 Å². The number of ether oxygens (including phenoxy) is 1. The van der Waals surface area contributed by atoms with Crippen LogP contribution in [0.3, 0.4) is 0 Å². The lowest BCUT2D eigenvalue weighted by Gasteiger charge is -2.27. The molecule has 8 nitrogen and oxygen atoms in total. The highest BCUT2D eigenvalue weighted by molar-refractivity contribution is 6.07. The van der Waals surface area contributed by atoms with E-state index in [2.05, 4.69) is 10.6 Å². The smallest absolute Gasteiger partial charge is 0.326 e. The molecule has 31 heavy (non-hydrogen) atoms. The maximum Gasteiger partial charge on any atom is 0.326 e. The van der Waals surface area contributed by atoms with Gasteiger partial charge in [0.1, 0.15) is 11.3 Å². The van der Waals surface area contributed by atoms with Gasteiger partial charge in [-0.25, -0.2) is 9.69 Å². The van der Waals surface area contributed by atoms with E-state index in [9.17, 15) is 14.4 Å². The first-order valence-electron chi connectivity index (χ1n) is 10.2. The molecule has 1 aliphatic rings. The van der Waals surface area contributed by atoms with E-state index < -0.39 is 11.6 Å². The van der Waals surface area contributed by atoms with Gasteiger partial charge in [0, 0.05) is 6.54 Å². The molecule has 0 radical (unpaired) electrons. The Morgan fingerprint density at radius 3 is 2.48 bits per heavy atom.